The van der Waals surface area contributed by atoms with Crippen LogP contribution in [0.1, 0.15) is 0 Å². The molecule has 0 fully saturated rings. The number of fused-ring (bicyclic) bond motifs is 1. The number of hydrogen-bond acceptors (Lipinski definition) is 6. The largest absolute Gasteiger partial charge is 0.507 e. The maximum Gasteiger partial charge on any atom is 0.204 e. The Morgan fingerprint density at radius 3 is 2.41 bits per heavy atom. The van der Waals surface area contributed by atoms with E-state index in [1.165, 1.54) is 13.2 Å². The van der Waals surface area contributed by atoms with Crippen LogP contribution in [0.4, 0.5) is 0 Å². The molecule has 3 rings (SSSR count). The molecule has 0 bridgehead atoms. The molecule has 0 aliphatic heterocycles. The van der Waals surface area contributed by atoms with Crippen molar-refractivity contribution in [2.45, 2.75) is 0 Å². The van der Waals surface area contributed by atoms with Crippen LogP contribution in [0.3, 0.4) is 0 Å². The lowest BCUT2D eigenvalue weighted by molar-refractivity contribution is 0.367. The average Bonchev–Trinajstić information content (AvgIpc) is 2.47. The number of phenols is 3. The number of ether oxygens (including phenoxy) is 1. The van der Waals surface area contributed by atoms with Crippen molar-refractivity contribution in [1.29, 1.82) is 0 Å². The molecule has 0 saturated carbocycles. The highest BCUT2D eigenvalue weighted by Crippen LogP contribution is 2.40. The fourth-order valence-corrected chi connectivity index (χ4v) is 2.29. The van der Waals surface area contributed by atoms with Crippen molar-refractivity contribution in [2.24, 2.45) is 0 Å². The summed E-state index contributed by atoms with van der Waals surface area (Å²) in [5.74, 6) is -0.801. The van der Waals surface area contributed by atoms with Gasteiger partial charge in [0.05, 0.1) is 12.7 Å². The van der Waals surface area contributed by atoms with Gasteiger partial charge in [0.25, 0.3) is 0 Å². The number of aromatic hydroxyl groups is 3. The molecule has 0 aliphatic rings. The summed E-state index contributed by atoms with van der Waals surface area (Å²) < 4.78 is 10.6. The van der Waals surface area contributed by atoms with Crippen LogP contribution in [-0.2, 0) is 0 Å². The quantitative estimate of drug-likeness (QED) is 0.672. The summed E-state index contributed by atoms with van der Waals surface area (Å²) in [5, 5.41) is 29.4. The van der Waals surface area contributed by atoms with Crippen molar-refractivity contribution in [2.75, 3.05) is 7.11 Å². The topological polar surface area (TPSA) is 100 Å². The van der Waals surface area contributed by atoms with Crippen molar-refractivity contribution in [3.63, 3.8) is 0 Å². The highest BCUT2D eigenvalue weighted by Gasteiger charge is 2.19. The number of phenolic OH excluding ortho intramolecular Hbond substituents is 3. The Hall–Kier alpha value is -3.15. The summed E-state index contributed by atoms with van der Waals surface area (Å²) in [6.45, 7) is 0. The van der Waals surface area contributed by atoms with Gasteiger partial charge in [0, 0.05) is 12.1 Å². The molecule has 3 aromatic rings. The summed E-state index contributed by atoms with van der Waals surface area (Å²) >= 11 is 0. The highest BCUT2D eigenvalue weighted by atomic mass is 16.5. The monoisotopic (exact) mass is 300 g/mol. The van der Waals surface area contributed by atoms with Crippen LogP contribution in [0.5, 0.6) is 23.0 Å². The summed E-state index contributed by atoms with van der Waals surface area (Å²) in [5.41, 5.74) is -0.299. The van der Waals surface area contributed by atoms with E-state index in [1.807, 2.05) is 0 Å². The first-order valence-corrected chi connectivity index (χ1v) is 6.38. The molecule has 0 radical (unpaired) electrons. The molecule has 2 aromatic carbocycles. The number of methoxy groups -OCH3 is 1. The van der Waals surface area contributed by atoms with Crippen molar-refractivity contribution in [1.82, 2.24) is 0 Å². The number of hydrogen-bond donors (Lipinski definition) is 3. The molecule has 0 unspecified atom stereocenters. The third-order valence-electron chi connectivity index (χ3n) is 3.29. The third-order valence-corrected chi connectivity index (χ3v) is 3.29. The standard InChI is InChI=1S/C16H12O6/c1-21-15-12(20)6-10(18)14-11(19)7-13(22-16(14)15)8-4-2-3-5-9(8)17/h2-7,17-18,20H,1H3. The van der Waals surface area contributed by atoms with Gasteiger partial charge in [-0.1, -0.05) is 12.1 Å². The predicted molar refractivity (Wildman–Crippen MR) is 79.5 cm³/mol. The van der Waals surface area contributed by atoms with Crippen LogP contribution in [-0.4, -0.2) is 22.4 Å². The normalized spacial score (nSPS) is 10.8. The van der Waals surface area contributed by atoms with E-state index < -0.39 is 11.2 Å². The Morgan fingerprint density at radius 2 is 1.73 bits per heavy atom. The molecular formula is C16H12O6. The molecule has 6 nitrogen and oxygen atoms in total. The van der Waals surface area contributed by atoms with Crippen LogP contribution < -0.4 is 10.2 Å². The molecular weight excluding hydrogens is 288 g/mol. The lowest BCUT2D eigenvalue weighted by atomic mass is 10.1. The highest BCUT2D eigenvalue weighted by molar-refractivity contribution is 5.91. The Morgan fingerprint density at radius 1 is 1.00 bits per heavy atom. The maximum atomic E-state index is 12.2. The number of rotatable bonds is 2. The van der Waals surface area contributed by atoms with Gasteiger partial charge in [-0.25, -0.2) is 0 Å². The van der Waals surface area contributed by atoms with E-state index in [4.69, 9.17) is 9.15 Å². The molecule has 0 spiro atoms. The maximum absolute atomic E-state index is 12.2. The minimum atomic E-state index is -0.518. The molecule has 0 atom stereocenters. The van der Waals surface area contributed by atoms with E-state index in [-0.39, 0.29) is 34.0 Å². The average molecular weight is 300 g/mol. The van der Waals surface area contributed by atoms with Crippen molar-refractivity contribution < 1.29 is 24.5 Å². The Labute approximate surface area is 124 Å². The molecule has 1 heterocycles. The van der Waals surface area contributed by atoms with Crippen molar-refractivity contribution >= 4 is 11.0 Å². The third kappa shape index (κ3) is 2.01. The first kappa shape index (κ1) is 13.8. The Kier molecular flexibility index (Phi) is 3.14. The van der Waals surface area contributed by atoms with Gasteiger partial charge in [-0.15, -0.1) is 0 Å². The van der Waals surface area contributed by atoms with E-state index in [0.717, 1.165) is 12.1 Å². The second-order valence-corrected chi connectivity index (χ2v) is 4.64. The molecule has 0 saturated heterocycles. The number of benzene rings is 2. The first-order valence-electron chi connectivity index (χ1n) is 6.38. The van der Waals surface area contributed by atoms with Gasteiger partial charge in [-0.3, -0.25) is 4.79 Å². The smallest absolute Gasteiger partial charge is 0.204 e. The number of para-hydroxylation sites is 1. The molecule has 22 heavy (non-hydrogen) atoms. The molecule has 1 aromatic heterocycles. The fourth-order valence-electron chi connectivity index (χ4n) is 2.29. The lowest BCUT2D eigenvalue weighted by Gasteiger charge is -2.10. The van der Waals surface area contributed by atoms with Gasteiger partial charge in [0.2, 0.25) is 5.75 Å². The van der Waals surface area contributed by atoms with E-state index in [9.17, 15) is 20.1 Å². The van der Waals surface area contributed by atoms with Gasteiger partial charge in [0.1, 0.15) is 22.6 Å². The molecule has 0 aliphatic carbocycles. The van der Waals surface area contributed by atoms with Gasteiger partial charge in [-0.2, -0.15) is 0 Å². The second kappa shape index (κ2) is 5.00. The second-order valence-electron chi connectivity index (χ2n) is 4.64. The van der Waals surface area contributed by atoms with Crippen molar-refractivity contribution in [3.8, 4) is 34.3 Å². The SMILES string of the molecule is COc1c(O)cc(O)c2c(=O)cc(-c3ccccc3O)oc12. The zero-order chi connectivity index (χ0) is 15.9. The van der Waals surface area contributed by atoms with E-state index in [1.54, 1.807) is 18.2 Å². The van der Waals surface area contributed by atoms with Crippen LogP contribution in [0, 0.1) is 0 Å². The van der Waals surface area contributed by atoms with Gasteiger partial charge >= 0.3 is 0 Å². The van der Waals surface area contributed by atoms with Crippen LogP contribution >= 0.6 is 0 Å². The fraction of sp³-hybridized carbons (Fsp3) is 0.0625. The molecule has 0 amide bonds. The Bertz CT molecular complexity index is 926. The van der Waals surface area contributed by atoms with Crippen LogP contribution in [0.25, 0.3) is 22.3 Å². The van der Waals surface area contributed by atoms with E-state index >= 15 is 0 Å². The van der Waals surface area contributed by atoms with E-state index in [0.29, 0.717) is 5.56 Å². The first-order chi connectivity index (χ1) is 10.5. The zero-order valence-corrected chi connectivity index (χ0v) is 11.5. The minimum Gasteiger partial charge on any atom is -0.507 e. The van der Waals surface area contributed by atoms with Gasteiger partial charge < -0.3 is 24.5 Å². The minimum absolute atomic E-state index is 0.0617. The molecule has 3 N–H and O–H groups in total. The molecule has 6 heteroatoms. The van der Waals surface area contributed by atoms with Gasteiger partial charge in [-0.05, 0) is 12.1 Å². The van der Waals surface area contributed by atoms with Crippen molar-refractivity contribution in [3.05, 3.63) is 46.6 Å². The summed E-state index contributed by atoms with van der Waals surface area (Å²) in [7, 11) is 1.30. The van der Waals surface area contributed by atoms with Crippen LogP contribution in [0.2, 0.25) is 0 Å². The lowest BCUT2D eigenvalue weighted by Crippen LogP contribution is -2.02. The predicted octanol–water partition coefficient (Wildman–Crippen LogP) is 2.59. The van der Waals surface area contributed by atoms with E-state index in [2.05, 4.69) is 0 Å². The summed E-state index contributed by atoms with van der Waals surface area (Å²) in [6, 6.07) is 8.52. The summed E-state index contributed by atoms with van der Waals surface area (Å²) in [4.78, 5) is 12.2. The van der Waals surface area contributed by atoms with Gasteiger partial charge in [0.15, 0.2) is 16.8 Å². The Balaban J connectivity index is 2.42. The zero-order valence-electron chi connectivity index (χ0n) is 11.5. The summed E-state index contributed by atoms with van der Waals surface area (Å²) in [6.07, 6.45) is 0. The van der Waals surface area contributed by atoms with Crippen LogP contribution in [0.15, 0.2) is 45.6 Å². The molecule has 112 valence electrons.